The Morgan fingerprint density at radius 2 is 1.80 bits per heavy atom. The molecule has 0 saturated carbocycles. The van der Waals surface area contributed by atoms with Crippen LogP contribution < -0.4 is 11.1 Å². The van der Waals surface area contributed by atoms with Gasteiger partial charge in [-0.25, -0.2) is 0 Å². The largest absolute Gasteiger partial charge is 0.387 e. The summed E-state index contributed by atoms with van der Waals surface area (Å²) >= 11 is 0. The fraction of sp³-hybridized carbons (Fsp3) is 0.562. The molecule has 0 heterocycles. The van der Waals surface area contributed by atoms with Gasteiger partial charge in [-0.2, -0.15) is 0 Å². The quantitative estimate of drug-likeness (QED) is 0.605. The molecule has 0 bridgehead atoms. The molecule has 1 unspecified atom stereocenters. The number of carbonyl (C=O) groups excluding carboxylic acids is 1. The van der Waals surface area contributed by atoms with Crippen molar-refractivity contribution in [3.05, 3.63) is 35.4 Å². The van der Waals surface area contributed by atoms with E-state index in [0.29, 0.717) is 18.9 Å². The lowest BCUT2D eigenvalue weighted by Gasteiger charge is -2.13. The molecule has 4 nitrogen and oxygen atoms in total. The van der Waals surface area contributed by atoms with E-state index in [0.717, 1.165) is 24.9 Å². The molecule has 0 aromatic heterocycles. The molecule has 0 radical (unpaired) electrons. The average molecular weight is 278 g/mol. The van der Waals surface area contributed by atoms with Crippen molar-refractivity contribution in [3.8, 4) is 0 Å². The van der Waals surface area contributed by atoms with Gasteiger partial charge in [-0.05, 0) is 36.4 Å². The van der Waals surface area contributed by atoms with Crippen LogP contribution in [-0.4, -0.2) is 24.1 Å². The normalized spacial score (nSPS) is 12.6. The number of aliphatic hydroxyl groups is 1. The first-order valence-corrected chi connectivity index (χ1v) is 7.27. The minimum Gasteiger partial charge on any atom is -0.387 e. The molecular weight excluding hydrogens is 252 g/mol. The van der Waals surface area contributed by atoms with Gasteiger partial charge in [0.2, 0.25) is 5.91 Å². The van der Waals surface area contributed by atoms with E-state index >= 15 is 0 Å². The van der Waals surface area contributed by atoms with Gasteiger partial charge < -0.3 is 16.2 Å². The zero-order valence-corrected chi connectivity index (χ0v) is 12.4. The number of nitrogens with one attached hydrogen (secondary N) is 1. The second-order valence-corrected chi connectivity index (χ2v) is 5.46. The van der Waals surface area contributed by atoms with Crippen LogP contribution in [0.2, 0.25) is 0 Å². The Bertz CT molecular complexity index is 401. The van der Waals surface area contributed by atoms with Gasteiger partial charge in [-0.3, -0.25) is 4.79 Å². The second-order valence-electron chi connectivity index (χ2n) is 5.46. The van der Waals surface area contributed by atoms with Gasteiger partial charge in [0.1, 0.15) is 0 Å². The summed E-state index contributed by atoms with van der Waals surface area (Å²) in [5.74, 6) is 0.250. The third kappa shape index (κ3) is 6.17. The van der Waals surface area contributed by atoms with E-state index in [1.807, 2.05) is 12.1 Å². The van der Waals surface area contributed by atoms with Crippen LogP contribution in [0.5, 0.6) is 0 Å². The van der Waals surface area contributed by atoms with Crippen molar-refractivity contribution < 1.29 is 9.90 Å². The van der Waals surface area contributed by atoms with Crippen LogP contribution in [0.15, 0.2) is 24.3 Å². The summed E-state index contributed by atoms with van der Waals surface area (Å²) in [5, 5.41) is 13.3. The van der Waals surface area contributed by atoms with Crippen molar-refractivity contribution in [2.24, 2.45) is 5.73 Å². The summed E-state index contributed by atoms with van der Waals surface area (Å²) < 4.78 is 0. The minimum absolute atomic E-state index is 0.254. The molecule has 1 amide bonds. The Balaban J connectivity index is 2.25. The molecule has 4 N–H and O–H groups in total. The van der Waals surface area contributed by atoms with Crippen molar-refractivity contribution >= 4 is 5.91 Å². The van der Waals surface area contributed by atoms with Crippen LogP contribution >= 0.6 is 0 Å². The molecule has 0 spiro atoms. The van der Waals surface area contributed by atoms with Crippen molar-refractivity contribution in [1.82, 2.24) is 5.32 Å². The molecule has 20 heavy (non-hydrogen) atoms. The maximum absolute atomic E-state index is 10.6. The highest BCUT2D eigenvalue weighted by atomic mass is 16.3. The summed E-state index contributed by atoms with van der Waals surface area (Å²) in [4.78, 5) is 10.6. The predicted molar refractivity (Wildman–Crippen MR) is 81.4 cm³/mol. The number of aliphatic hydroxyl groups excluding tert-OH is 1. The predicted octanol–water partition coefficient (Wildman–Crippen LogP) is 2.09. The van der Waals surface area contributed by atoms with Crippen LogP contribution in [0, 0.1) is 0 Å². The minimum atomic E-state index is -0.493. The fourth-order valence-electron chi connectivity index (χ4n) is 2.01. The van der Waals surface area contributed by atoms with Crippen molar-refractivity contribution in [3.63, 3.8) is 0 Å². The zero-order valence-electron chi connectivity index (χ0n) is 12.4. The van der Waals surface area contributed by atoms with Gasteiger partial charge >= 0.3 is 0 Å². The van der Waals surface area contributed by atoms with E-state index in [-0.39, 0.29) is 5.91 Å². The van der Waals surface area contributed by atoms with E-state index in [1.54, 1.807) is 0 Å². The smallest absolute Gasteiger partial charge is 0.217 e. The van der Waals surface area contributed by atoms with E-state index < -0.39 is 6.10 Å². The number of unbranched alkanes of at least 4 members (excludes halogenated alkanes) is 1. The highest BCUT2D eigenvalue weighted by molar-refractivity contribution is 5.73. The third-order valence-corrected chi connectivity index (χ3v) is 3.35. The van der Waals surface area contributed by atoms with Crippen LogP contribution in [0.1, 0.15) is 56.3 Å². The van der Waals surface area contributed by atoms with E-state index in [4.69, 9.17) is 5.73 Å². The van der Waals surface area contributed by atoms with Crippen LogP contribution in [0.4, 0.5) is 0 Å². The third-order valence-electron chi connectivity index (χ3n) is 3.35. The first-order chi connectivity index (χ1) is 9.50. The monoisotopic (exact) mass is 278 g/mol. The maximum Gasteiger partial charge on any atom is 0.217 e. The SMILES string of the molecule is CC(C)c1ccc(C(O)CNCCCCC(N)=O)cc1. The number of hydrogen-bond donors (Lipinski definition) is 3. The molecule has 0 saturated heterocycles. The summed E-state index contributed by atoms with van der Waals surface area (Å²) in [6, 6.07) is 8.09. The highest BCUT2D eigenvalue weighted by Gasteiger charge is 2.07. The molecule has 0 aliphatic rings. The molecule has 0 aliphatic carbocycles. The molecular formula is C16H26N2O2. The summed E-state index contributed by atoms with van der Waals surface area (Å²) in [6.07, 6.45) is 1.62. The topological polar surface area (TPSA) is 75.3 Å². The van der Waals surface area contributed by atoms with Gasteiger partial charge in [0.25, 0.3) is 0 Å². The number of amides is 1. The molecule has 1 aromatic carbocycles. The Labute approximate surface area is 121 Å². The Morgan fingerprint density at radius 3 is 2.35 bits per heavy atom. The van der Waals surface area contributed by atoms with Crippen LogP contribution in [0.25, 0.3) is 0 Å². The number of hydrogen-bond acceptors (Lipinski definition) is 3. The Kier molecular flexibility index (Phi) is 7.26. The molecule has 0 aliphatic heterocycles. The van der Waals surface area contributed by atoms with Gasteiger partial charge in [0, 0.05) is 13.0 Å². The van der Waals surface area contributed by atoms with Gasteiger partial charge in [0.05, 0.1) is 6.10 Å². The zero-order chi connectivity index (χ0) is 15.0. The number of nitrogens with two attached hydrogens (primary N) is 1. The van der Waals surface area contributed by atoms with Crippen LogP contribution in [0.3, 0.4) is 0 Å². The van der Waals surface area contributed by atoms with Gasteiger partial charge in [0.15, 0.2) is 0 Å². The first kappa shape index (κ1) is 16.7. The molecule has 0 fully saturated rings. The molecule has 1 aromatic rings. The maximum atomic E-state index is 10.6. The average Bonchev–Trinajstić information content (AvgIpc) is 2.42. The highest BCUT2D eigenvalue weighted by Crippen LogP contribution is 2.18. The lowest BCUT2D eigenvalue weighted by atomic mass is 10.00. The molecule has 112 valence electrons. The molecule has 1 rings (SSSR count). The van der Waals surface area contributed by atoms with Crippen molar-refractivity contribution in [2.75, 3.05) is 13.1 Å². The fourth-order valence-corrected chi connectivity index (χ4v) is 2.01. The second kappa shape index (κ2) is 8.72. The lowest BCUT2D eigenvalue weighted by Crippen LogP contribution is -2.23. The summed E-state index contributed by atoms with van der Waals surface area (Å²) in [5.41, 5.74) is 7.27. The van der Waals surface area contributed by atoms with Gasteiger partial charge in [-0.15, -0.1) is 0 Å². The number of rotatable bonds is 9. The van der Waals surface area contributed by atoms with Crippen LogP contribution in [-0.2, 0) is 4.79 Å². The molecule has 4 heteroatoms. The van der Waals surface area contributed by atoms with Crippen molar-refractivity contribution in [2.45, 2.75) is 45.1 Å². The van der Waals surface area contributed by atoms with E-state index in [9.17, 15) is 9.90 Å². The van der Waals surface area contributed by atoms with E-state index in [2.05, 4.69) is 31.3 Å². The summed E-state index contributed by atoms with van der Waals surface area (Å²) in [7, 11) is 0. The van der Waals surface area contributed by atoms with Gasteiger partial charge in [-0.1, -0.05) is 38.1 Å². The standard InChI is InChI=1S/C16H26N2O2/c1-12(2)13-6-8-14(9-7-13)15(19)11-18-10-4-3-5-16(17)20/h6-9,12,15,18-19H,3-5,10-11H2,1-2H3,(H2,17,20). The summed E-state index contributed by atoms with van der Waals surface area (Å²) in [6.45, 7) is 5.62. The molecule has 1 atom stereocenters. The number of carbonyl (C=O) groups is 1. The first-order valence-electron chi connectivity index (χ1n) is 7.27. The number of benzene rings is 1. The Morgan fingerprint density at radius 1 is 1.20 bits per heavy atom. The Hall–Kier alpha value is -1.39. The van der Waals surface area contributed by atoms with Crippen molar-refractivity contribution in [1.29, 1.82) is 0 Å². The number of primary amides is 1. The van der Waals surface area contributed by atoms with E-state index in [1.165, 1.54) is 5.56 Å². The lowest BCUT2D eigenvalue weighted by molar-refractivity contribution is -0.118.